The Morgan fingerprint density at radius 1 is 1.17 bits per heavy atom. The quantitative estimate of drug-likeness (QED) is 0.411. The van der Waals surface area contributed by atoms with Crippen molar-refractivity contribution in [2.24, 2.45) is 10.2 Å². The van der Waals surface area contributed by atoms with Gasteiger partial charge < -0.3 is 14.8 Å². The smallest absolute Gasteiger partial charge is 0.240 e. The normalized spacial score (nSPS) is 17.6. The molecular formula is C20H18ClN3O4S. The van der Waals surface area contributed by atoms with E-state index >= 15 is 0 Å². The summed E-state index contributed by atoms with van der Waals surface area (Å²) in [7, 11) is 3.11. The van der Waals surface area contributed by atoms with Crippen LogP contribution in [0.15, 0.2) is 52.7 Å². The number of methoxy groups -OCH3 is 2. The number of carbonyl (C=O) groups excluding carboxylic acids is 2. The zero-order valence-electron chi connectivity index (χ0n) is 15.7. The molecule has 0 saturated carbocycles. The molecular weight excluding hydrogens is 414 g/mol. The molecule has 2 aromatic carbocycles. The Balaban J connectivity index is 1.62. The minimum atomic E-state index is -0.548. The van der Waals surface area contributed by atoms with Crippen molar-refractivity contribution >= 4 is 46.4 Å². The van der Waals surface area contributed by atoms with Crippen molar-refractivity contribution in [3.8, 4) is 11.5 Å². The molecule has 1 fully saturated rings. The second kappa shape index (κ2) is 9.58. The maximum Gasteiger partial charge on any atom is 0.240 e. The van der Waals surface area contributed by atoms with Crippen LogP contribution in [0.3, 0.4) is 0 Å². The first-order valence-corrected chi connectivity index (χ1v) is 9.85. The van der Waals surface area contributed by atoms with Gasteiger partial charge in [-0.05, 0) is 48.0 Å². The summed E-state index contributed by atoms with van der Waals surface area (Å²) in [5.74, 6) is 0.790. The summed E-state index contributed by atoms with van der Waals surface area (Å²) in [6.07, 6.45) is 1.60. The third-order valence-corrected chi connectivity index (χ3v) is 5.40. The van der Waals surface area contributed by atoms with Crippen molar-refractivity contribution in [2.45, 2.75) is 11.7 Å². The van der Waals surface area contributed by atoms with Crippen LogP contribution in [0.2, 0.25) is 5.02 Å². The van der Waals surface area contributed by atoms with Crippen LogP contribution in [0.25, 0.3) is 0 Å². The molecule has 29 heavy (non-hydrogen) atoms. The first-order valence-electron chi connectivity index (χ1n) is 8.59. The lowest BCUT2D eigenvalue weighted by molar-refractivity contribution is -0.118. The van der Waals surface area contributed by atoms with Crippen LogP contribution in [-0.4, -0.2) is 42.5 Å². The second-order valence-corrected chi connectivity index (χ2v) is 7.62. The fourth-order valence-corrected chi connectivity index (χ4v) is 3.64. The Hall–Kier alpha value is -2.84. The minimum absolute atomic E-state index is 0.0660. The van der Waals surface area contributed by atoms with Crippen molar-refractivity contribution in [3.63, 3.8) is 0 Å². The Morgan fingerprint density at radius 3 is 2.59 bits per heavy atom. The van der Waals surface area contributed by atoms with Crippen molar-refractivity contribution < 1.29 is 19.1 Å². The number of hydrogen-bond acceptors (Lipinski definition) is 7. The molecule has 1 aliphatic rings. The largest absolute Gasteiger partial charge is 0.493 e. The van der Waals surface area contributed by atoms with Crippen LogP contribution in [0.4, 0.5) is 0 Å². The minimum Gasteiger partial charge on any atom is -0.493 e. The summed E-state index contributed by atoms with van der Waals surface area (Å²) in [5, 5.41) is 11.0. The molecule has 1 heterocycles. The van der Waals surface area contributed by atoms with E-state index in [1.54, 1.807) is 56.7 Å². The van der Waals surface area contributed by atoms with Crippen molar-refractivity contribution in [1.82, 2.24) is 5.32 Å². The van der Waals surface area contributed by atoms with Gasteiger partial charge in [-0.3, -0.25) is 9.59 Å². The number of halogens is 1. The Kier molecular flexibility index (Phi) is 6.90. The van der Waals surface area contributed by atoms with Gasteiger partial charge in [0, 0.05) is 17.0 Å². The zero-order chi connectivity index (χ0) is 20.8. The van der Waals surface area contributed by atoms with E-state index in [0.717, 1.165) is 5.56 Å². The molecule has 1 amide bonds. The maximum atomic E-state index is 12.3. The molecule has 150 valence electrons. The number of rotatable bonds is 7. The number of amides is 1. The molecule has 1 aliphatic heterocycles. The van der Waals surface area contributed by atoms with E-state index in [4.69, 9.17) is 21.1 Å². The number of hydrogen-bond donors (Lipinski definition) is 1. The summed E-state index contributed by atoms with van der Waals surface area (Å²) >= 11 is 7.01. The average Bonchev–Trinajstić information content (AvgIpc) is 3.07. The highest BCUT2D eigenvalue weighted by atomic mass is 35.5. The Morgan fingerprint density at radius 2 is 1.90 bits per heavy atom. The maximum absolute atomic E-state index is 12.3. The van der Waals surface area contributed by atoms with Gasteiger partial charge in [-0.25, -0.2) is 0 Å². The van der Waals surface area contributed by atoms with E-state index in [1.165, 1.54) is 18.0 Å². The Bertz CT molecular complexity index is 976. The van der Waals surface area contributed by atoms with Gasteiger partial charge in [-0.15, -0.1) is 5.10 Å². The number of thioether (sulfide) groups is 1. The summed E-state index contributed by atoms with van der Waals surface area (Å²) in [5.41, 5.74) is 1.27. The number of ketones is 1. The highest BCUT2D eigenvalue weighted by Gasteiger charge is 2.32. The standard InChI is InChI=1S/C20H18ClN3O4S/c1-27-16-8-3-12(9-17(16)28-2)11-22-24-20-23-19(26)18(29-20)10-15(25)13-4-6-14(21)7-5-13/h3-9,11,18H,10H2,1-2H3,(H,23,24,26)/b22-11-/t18-/m0/s1. The van der Waals surface area contributed by atoms with Crippen LogP contribution < -0.4 is 14.8 Å². The third kappa shape index (κ3) is 5.36. The molecule has 0 spiro atoms. The average molecular weight is 432 g/mol. The number of nitrogens with zero attached hydrogens (tertiary/aromatic N) is 2. The third-order valence-electron chi connectivity index (χ3n) is 4.08. The fourth-order valence-electron chi connectivity index (χ4n) is 2.59. The number of amidine groups is 1. The Labute approximate surface area is 177 Å². The molecule has 0 unspecified atom stereocenters. The molecule has 1 atom stereocenters. The van der Waals surface area contributed by atoms with Gasteiger partial charge >= 0.3 is 0 Å². The molecule has 7 nitrogen and oxygen atoms in total. The predicted octanol–water partition coefficient (Wildman–Crippen LogP) is 3.55. The summed E-state index contributed by atoms with van der Waals surface area (Å²) in [4.78, 5) is 24.5. The lowest BCUT2D eigenvalue weighted by Crippen LogP contribution is -2.26. The SMILES string of the molecule is COc1ccc(/C=N\N=C2\NC(=O)[C@H](CC(=O)c3ccc(Cl)cc3)S2)cc1OC. The molecule has 0 radical (unpaired) electrons. The van der Waals surface area contributed by atoms with Crippen molar-refractivity contribution in [2.75, 3.05) is 14.2 Å². The topological polar surface area (TPSA) is 89.4 Å². The van der Waals surface area contributed by atoms with E-state index < -0.39 is 5.25 Å². The molecule has 3 rings (SSSR count). The fraction of sp³-hybridized carbons (Fsp3) is 0.200. The molecule has 1 N–H and O–H groups in total. The predicted molar refractivity (Wildman–Crippen MR) is 114 cm³/mol. The van der Waals surface area contributed by atoms with Crippen LogP contribution in [0.5, 0.6) is 11.5 Å². The van der Waals surface area contributed by atoms with Crippen LogP contribution >= 0.6 is 23.4 Å². The number of Topliss-reactive ketones (excluding diaryl/α,β-unsaturated/α-hetero) is 1. The first-order chi connectivity index (χ1) is 14.0. The lowest BCUT2D eigenvalue weighted by atomic mass is 10.1. The van der Waals surface area contributed by atoms with Gasteiger partial charge in [-0.1, -0.05) is 23.4 Å². The van der Waals surface area contributed by atoms with E-state index in [2.05, 4.69) is 15.5 Å². The summed E-state index contributed by atoms with van der Waals surface area (Å²) in [6.45, 7) is 0. The lowest BCUT2D eigenvalue weighted by Gasteiger charge is -2.07. The number of nitrogens with one attached hydrogen (secondary N) is 1. The first kappa shape index (κ1) is 20.9. The zero-order valence-corrected chi connectivity index (χ0v) is 17.3. The molecule has 0 bridgehead atoms. The second-order valence-electron chi connectivity index (χ2n) is 5.99. The van der Waals surface area contributed by atoms with E-state index in [1.807, 2.05) is 0 Å². The monoisotopic (exact) mass is 431 g/mol. The van der Waals surface area contributed by atoms with Crippen LogP contribution in [0.1, 0.15) is 22.3 Å². The summed E-state index contributed by atoms with van der Waals surface area (Å²) < 4.78 is 10.4. The van der Waals surface area contributed by atoms with Gasteiger partial charge in [0.05, 0.1) is 25.7 Å². The van der Waals surface area contributed by atoms with Gasteiger partial charge in [0.2, 0.25) is 5.91 Å². The van der Waals surface area contributed by atoms with Gasteiger partial charge in [-0.2, -0.15) is 5.10 Å². The van der Waals surface area contributed by atoms with Gasteiger partial charge in [0.25, 0.3) is 0 Å². The number of carbonyl (C=O) groups is 2. The van der Waals surface area contributed by atoms with E-state index in [0.29, 0.717) is 27.3 Å². The molecule has 2 aromatic rings. The molecule has 0 aromatic heterocycles. The van der Waals surface area contributed by atoms with Crippen molar-refractivity contribution in [1.29, 1.82) is 0 Å². The summed E-state index contributed by atoms with van der Waals surface area (Å²) in [6, 6.07) is 11.9. The highest BCUT2D eigenvalue weighted by molar-refractivity contribution is 8.15. The molecule has 9 heteroatoms. The van der Waals surface area contributed by atoms with Gasteiger partial charge in [0.15, 0.2) is 22.4 Å². The van der Waals surface area contributed by atoms with E-state index in [9.17, 15) is 9.59 Å². The number of benzene rings is 2. The van der Waals surface area contributed by atoms with Crippen LogP contribution in [-0.2, 0) is 4.79 Å². The number of ether oxygens (including phenoxy) is 2. The molecule has 1 saturated heterocycles. The van der Waals surface area contributed by atoms with Crippen LogP contribution in [0, 0.1) is 0 Å². The highest BCUT2D eigenvalue weighted by Crippen LogP contribution is 2.27. The van der Waals surface area contributed by atoms with Gasteiger partial charge in [0.1, 0.15) is 0 Å². The van der Waals surface area contributed by atoms with Crippen molar-refractivity contribution in [3.05, 3.63) is 58.6 Å². The molecule has 0 aliphatic carbocycles. The van der Waals surface area contributed by atoms with E-state index in [-0.39, 0.29) is 18.1 Å².